The van der Waals surface area contributed by atoms with E-state index in [1.165, 1.54) is 7.11 Å². The van der Waals surface area contributed by atoms with Gasteiger partial charge in [0.05, 0.1) is 20.3 Å². The molecule has 18 heavy (non-hydrogen) atoms. The monoisotopic (exact) mass is 256 g/mol. The zero-order valence-electron chi connectivity index (χ0n) is 10.9. The first-order chi connectivity index (χ1) is 8.58. The van der Waals surface area contributed by atoms with E-state index in [0.717, 1.165) is 19.5 Å². The van der Waals surface area contributed by atoms with Gasteiger partial charge >= 0.3 is 5.97 Å². The minimum Gasteiger partial charge on any atom is -0.468 e. The predicted octanol–water partition coefficient (Wildman–Crippen LogP) is -0.756. The second kappa shape index (κ2) is 5.24. The molecule has 1 amide bonds. The molecule has 2 rings (SSSR count). The Hall–Kier alpha value is -1.14. The highest BCUT2D eigenvalue weighted by molar-refractivity contribution is 6.03. The molecule has 0 spiro atoms. The molecule has 2 saturated heterocycles. The largest absolute Gasteiger partial charge is 0.468 e. The predicted molar refractivity (Wildman–Crippen MR) is 63.9 cm³/mol. The van der Waals surface area contributed by atoms with Crippen LogP contribution in [0.25, 0.3) is 0 Å². The quantitative estimate of drug-likeness (QED) is 0.529. The number of carbonyl (C=O) groups excluding carboxylic acids is 2. The summed E-state index contributed by atoms with van der Waals surface area (Å²) in [6.45, 7) is 2.90. The molecule has 0 aliphatic carbocycles. The molecule has 0 aromatic rings. The van der Waals surface area contributed by atoms with Crippen LogP contribution < -0.4 is 5.32 Å². The lowest BCUT2D eigenvalue weighted by molar-refractivity contribution is -0.188. The molecule has 1 N–H and O–H groups in total. The van der Waals surface area contributed by atoms with Gasteiger partial charge in [-0.05, 0) is 25.9 Å². The second-order valence-electron chi connectivity index (χ2n) is 5.19. The molecule has 1 unspecified atom stereocenters. The lowest BCUT2D eigenvalue weighted by Crippen LogP contribution is -2.59. The first-order valence-corrected chi connectivity index (χ1v) is 6.21. The first-order valence-electron chi connectivity index (χ1n) is 6.21. The van der Waals surface area contributed by atoms with E-state index in [0.29, 0.717) is 12.5 Å². The second-order valence-corrected chi connectivity index (χ2v) is 5.19. The van der Waals surface area contributed by atoms with Gasteiger partial charge in [0.1, 0.15) is 0 Å². The van der Waals surface area contributed by atoms with Crippen LogP contribution in [0, 0.1) is 11.3 Å². The van der Waals surface area contributed by atoms with E-state index in [2.05, 4.69) is 22.0 Å². The summed E-state index contributed by atoms with van der Waals surface area (Å²) >= 11 is 0. The van der Waals surface area contributed by atoms with Gasteiger partial charge in [0.2, 0.25) is 5.91 Å². The van der Waals surface area contributed by atoms with Gasteiger partial charge in [-0.15, -0.1) is 0 Å². The maximum atomic E-state index is 12.1. The highest BCUT2D eigenvalue weighted by Crippen LogP contribution is 2.29. The van der Waals surface area contributed by atoms with E-state index in [9.17, 15) is 9.59 Å². The number of likely N-dealkylation sites (tertiary alicyclic amines) is 1. The lowest BCUT2D eigenvalue weighted by atomic mass is 9.85. The van der Waals surface area contributed by atoms with Gasteiger partial charge in [0, 0.05) is 13.1 Å². The summed E-state index contributed by atoms with van der Waals surface area (Å²) in [5.74, 6) is -0.306. The molecule has 102 valence electrons. The van der Waals surface area contributed by atoms with Crippen LogP contribution in [-0.4, -0.2) is 63.8 Å². The van der Waals surface area contributed by atoms with Gasteiger partial charge in [-0.2, -0.15) is 0 Å². The van der Waals surface area contributed by atoms with E-state index >= 15 is 0 Å². The number of rotatable bonds is 4. The Balaban J connectivity index is 1.85. The molecule has 1 atom stereocenters. The van der Waals surface area contributed by atoms with Crippen molar-refractivity contribution in [1.29, 1.82) is 0 Å². The highest BCUT2D eigenvalue weighted by Gasteiger charge is 2.54. The van der Waals surface area contributed by atoms with Crippen LogP contribution in [0.15, 0.2) is 0 Å². The van der Waals surface area contributed by atoms with Crippen molar-refractivity contribution in [2.24, 2.45) is 11.3 Å². The fourth-order valence-electron chi connectivity index (χ4n) is 2.44. The van der Waals surface area contributed by atoms with Gasteiger partial charge < -0.3 is 19.7 Å². The Kier molecular flexibility index (Phi) is 3.87. The van der Waals surface area contributed by atoms with E-state index in [1.54, 1.807) is 0 Å². The van der Waals surface area contributed by atoms with Crippen LogP contribution in [0.3, 0.4) is 0 Å². The average Bonchev–Trinajstić information content (AvgIpc) is 2.70. The van der Waals surface area contributed by atoms with Gasteiger partial charge in [-0.3, -0.25) is 9.59 Å². The van der Waals surface area contributed by atoms with E-state index in [1.807, 2.05) is 0 Å². The van der Waals surface area contributed by atoms with Gasteiger partial charge in [0.15, 0.2) is 5.41 Å². The van der Waals surface area contributed by atoms with Crippen molar-refractivity contribution in [3.05, 3.63) is 0 Å². The molecule has 0 saturated carbocycles. The Labute approximate surface area is 107 Å². The van der Waals surface area contributed by atoms with Crippen LogP contribution in [0.4, 0.5) is 0 Å². The summed E-state index contributed by atoms with van der Waals surface area (Å²) in [4.78, 5) is 26.0. The molecule has 2 fully saturated rings. The molecule has 0 bridgehead atoms. The summed E-state index contributed by atoms with van der Waals surface area (Å²) in [7, 11) is 3.36. The molecule has 6 nitrogen and oxygen atoms in total. The lowest BCUT2D eigenvalue weighted by Gasteiger charge is -2.36. The van der Waals surface area contributed by atoms with Gasteiger partial charge in [-0.25, -0.2) is 0 Å². The molecule has 2 aliphatic rings. The van der Waals surface area contributed by atoms with Crippen molar-refractivity contribution in [2.75, 3.05) is 47.0 Å². The normalized spacial score (nSPS) is 26.4. The molecular weight excluding hydrogens is 236 g/mol. The number of carbonyl (C=O) groups is 2. The van der Waals surface area contributed by atoms with E-state index in [4.69, 9.17) is 4.74 Å². The third-order valence-corrected chi connectivity index (χ3v) is 3.75. The van der Waals surface area contributed by atoms with Crippen LogP contribution in [0.5, 0.6) is 0 Å². The first kappa shape index (κ1) is 13.3. The number of methoxy groups -OCH3 is 1. The number of ether oxygens (including phenoxy) is 2. The van der Waals surface area contributed by atoms with Crippen LogP contribution in [0.1, 0.15) is 6.42 Å². The van der Waals surface area contributed by atoms with Crippen molar-refractivity contribution >= 4 is 11.9 Å². The third kappa shape index (κ3) is 2.35. The van der Waals surface area contributed by atoms with Crippen LogP contribution >= 0.6 is 0 Å². The van der Waals surface area contributed by atoms with Crippen molar-refractivity contribution in [3.63, 3.8) is 0 Å². The number of amides is 1. The number of nitrogens with one attached hydrogen (secondary N) is 1. The molecule has 2 aliphatic heterocycles. The molecule has 0 aromatic carbocycles. The van der Waals surface area contributed by atoms with E-state index in [-0.39, 0.29) is 19.1 Å². The summed E-state index contributed by atoms with van der Waals surface area (Å²) in [6.07, 6.45) is 1.08. The van der Waals surface area contributed by atoms with Crippen molar-refractivity contribution in [2.45, 2.75) is 6.42 Å². The Morgan fingerprint density at radius 3 is 2.67 bits per heavy atom. The zero-order chi connectivity index (χ0) is 13.2. The Bertz CT molecular complexity index is 341. The molecule has 6 heteroatoms. The Morgan fingerprint density at radius 1 is 1.50 bits per heavy atom. The van der Waals surface area contributed by atoms with Crippen LogP contribution in [0.2, 0.25) is 0 Å². The zero-order valence-corrected chi connectivity index (χ0v) is 10.9. The Morgan fingerprint density at radius 2 is 2.22 bits per heavy atom. The van der Waals surface area contributed by atoms with E-state index < -0.39 is 11.4 Å². The summed E-state index contributed by atoms with van der Waals surface area (Å²) < 4.78 is 9.68. The number of hydrogen-bond acceptors (Lipinski definition) is 5. The SMILES string of the molecule is COC(=O)C1(C(=O)NCC2CCN(C)C2)COC1. The number of hydrogen-bond donors (Lipinski definition) is 1. The van der Waals surface area contributed by atoms with Crippen molar-refractivity contribution in [1.82, 2.24) is 10.2 Å². The molecule has 0 aromatic heterocycles. The maximum absolute atomic E-state index is 12.1. The summed E-state index contributed by atoms with van der Waals surface area (Å²) in [5.41, 5.74) is -1.11. The summed E-state index contributed by atoms with van der Waals surface area (Å²) in [5, 5.41) is 2.86. The summed E-state index contributed by atoms with van der Waals surface area (Å²) in [6, 6.07) is 0. The highest BCUT2D eigenvalue weighted by atomic mass is 16.5. The van der Waals surface area contributed by atoms with Gasteiger partial charge in [-0.1, -0.05) is 0 Å². The van der Waals surface area contributed by atoms with Crippen molar-refractivity contribution < 1.29 is 19.1 Å². The fraction of sp³-hybridized carbons (Fsp3) is 0.833. The minimum atomic E-state index is -1.11. The maximum Gasteiger partial charge on any atom is 0.326 e. The molecular formula is C12H20N2O4. The number of esters is 1. The average molecular weight is 256 g/mol. The van der Waals surface area contributed by atoms with Gasteiger partial charge in [0.25, 0.3) is 0 Å². The standard InChI is InChI=1S/C12H20N2O4/c1-14-4-3-9(6-14)5-13-10(15)12(7-18-8-12)11(16)17-2/h9H,3-8H2,1-2H3,(H,13,15). The number of nitrogens with zero attached hydrogens (tertiary/aromatic N) is 1. The van der Waals surface area contributed by atoms with Crippen LogP contribution in [-0.2, 0) is 19.1 Å². The molecule has 2 heterocycles. The fourth-order valence-corrected chi connectivity index (χ4v) is 2.44. The molecule has 0 radical (unpaired) electrons. The topological polar surface area (TPSA) is 67.9 Å². The van der Waals surface area contributed by atoms with Crippen molar-refractivity contribution in [3.8, 4) is 0 Å². The third-order valence-electron chi connectivity index (χ3n) is 3.75. The smallest absolute Gasteiger partial charge is 0.326 e. The minimum absolute atomic E-state index is 0.121.